The largest absolute Gasteiger partial charge is 0.467 e. The van der Waals surface area contributed by atoms with E-state index in [9.17, 15) is 14.4 Å². The quantitative estimate of drug-likeness (QED) is 0.772. The van der Waals surface area contributed by atoms with E-state index in [1.807, 2.05) is 0 Å². The predicted molar refractivity (Wildman–Crippen MR) is 76.2 cm³/mol. The molecule has 0 fully saturated rings. The smallest absolute Gasteiger partial charge is 0.329 e. The highest BCUT2D eigenvalue weighted by molar-refractivity contribution is 5.80. The lowest BCUT2D eigenvalue weighted by molar-refractivity contribution is -0.150. The lowest BCUT2D eigenvalue weighted by atomic mass is 10.2. The Kier molecular flexibility index (Phi) is 3.40. The number of hydrogen-bond acceptors (Lipinski definition) is 6. The molecule has 22 heavy (non-hydrogen) atoms. The molecule has 0 spiro atoms. The van der Waals surface area contributed by atoms with Gasteiger partial charge >= 0.3 is 11.9 Å². The Morgan fingerprint density at radius 1 is 1.32 bits per heavy atom. The van der Waals surface area contributed by atoms with Crippen LogP contribution in [0.25, 0.3) is 10.9 Å². The van der Waals surface area contributed by atoms with Crippen LogP contribution in [0, 0.1) is 0 Å². The molecule has 0 bridgehead atoms. The van der Waals surface area contributed by atoms with Gasteiger partial charge in [0.2, 0.25) is 0 Å². The minimum absolute atomic E-state index is 0.144. The highest BCUT2D eigenvalue weighted by Crippen LogP contribution is 2.35. The first-order chi connectivity index (χ1) is 10.5. The van der Waals surface area contributed by atoms with Gasteiger partial charge in [0.05, 0.1) is 18.0 Å². The molecule has 0 radical (unpaired) electrons. The molecule has 0 aliphatic carbocycles. The Morgan fingerprint density at radius 2 is 2.05 bits per heavy atom. The standard InChI is InChI=1S/C15H14N2O5/c1-8(18)22-12-7-11(15(20)21-2)17-13(12)16-10-6-4-3-5-9(10)14(17)19/h3-6,11-12H,7H2,1-2H3. The summed E-state index contributed by atoms with van der Waals surface area (Å²) in [6.45, 7) is 1.27. The summed E-state index contributed by atoms with van der Waals surface area (Å²) in [5.74, 6) is -0.783. The number of aromatic nitrogens is 2. The number of methoxy groups -OCH3 is 1. The molecule has 0 saturated heterocycles. The van der Waals surface area contributed by atoms with E-state index in [4.69, 9.17) is 9.47 Å². The van der Waals surface area contributed by atoms with Crippen molar-refractivity contribution in [3.8, 4) is 0 Å². The van der Waals surface area contributed by atoms with Gasteiger partial charge in [0.25, 0.3) is 5.56 Å². The highest BCUT2D eigenvalue weighted by Gasteiger charge is 2.40. The van der Waals surface area contributed by atoms with Crippen molar-refractivity contribution in [1.29, 1.82) is 0 Å². The number of esters is 2. The van der Waals surface area contributed by atoms with Gasteiger partial charge in [-0.2, -0.15) is 0 Å². The molecule has 0 N–H and O–H groups in total. The van der Waals surface area contributed by atoms with Gasteiger partial charge in [-0.15, -0.1) is 0 Å². The fraction of sp³-hybridized carbons (Fsp3) is 0.333. The fourth-order valence-electron chi connectivity index (χ4n) is 2.74. The van der Waals surface area contributed by atoms with E-state index >= 15 is 0 Å². The van der Waals surface area contributed by atoms with E-state index in [2.05, 4.69) is 4.98 Å². The number of hydrogen-bond donors (Lipinski definition) is 0. The molecule has 7 nitrogen and oxygen atoms in total. The van der Waals surface area contributed by atoms with Crippen LogP contribution in [0.2, 0.25) is 0 Å². The molecule has 2 atom stereocenters. The second-order valence-corrected chi connectivity index (χ2v) is 5.04. The van der Waals surface area contributed by atoms with Gasteiger partial charge in [0.1, 0.15) is 6.04 Å². The minimum atomic E-state index is -0.839. The number of carbonyl (C=O) groups is 2. The first-order valence-electron chi connectivity index (χ1n) is 6.79. The molecular formula is C15H14N2O5. The lowest BCUT2D eigenvalue weighted by Crippen LogP contribution is -2.29. The lowest BCUT2D eigenvalue weighted by Gasteiger charge is -2.12. The summed E-state index contributed by atoms with van der Waals surface area (Å²) in [7, 11) is 1.25. The molecule has 1 aliphatic rings. The molecule has 1 aliphatic heterocycles. The predicted octanol–water partition coefficient (Wildman–Crippen LogP) is 1.12. The van der Waals surface area contributed by atoms with E-state index in [1.54, 1.807) is 24.3 Å². The molecule has 3 rings (SSSR count). The number of fused-ring (bicyclic) bond motifs is 2. The van der Waals surface area contributed by atoms with Crippen molar-refractivity contribution in [2.24, 2.45) is 0 Å². The Balaban J connectivity index is 2.24. The molecule has 0 saturated carbocycles. The van der Waals surface area contributed by atoms with Crippen LogP contribution < -0.4 is 5.56 Å². The van der Waals surface area contributed by atoms with Crippen LogP contribution in [0.1, 0.15) is 31.3 Å². The van der Waals surface area contributed by atoms with Crippen molar-refractivity contribution in [3.63, 3.8) is 0 Å². The zero-order valence-electron chi connectivity index (χ0n) is 12.1. The molecule has 114 valence electrons. The summed E-state index contributed by atoms with van der Waals surface area (Å²) >= 11 is 0. The van der Waals surface area contributed by atoms with Gasteiger partial charge < -0.3 is 9.47 Å². The van der Waals surface area contributed by atoms with E-state index in [1.165, 1.54) is 18.6 Å². The maximum Gasteiger partial charge on any atom is 0.329 e. The second-order valence-electron chi connectivity index (χ2n) is 5.04. The molecule has 2 heterocycles. The fourth-order valence-corrected chi connectivity index (χ4v) is 2.74. The summed E-state index contributed by atoms with van der Waals surface area (Å²) in [6.07, 6.45) is -0.593. The van der Waals surface area contributed by atoms with Crippen molar-refractivity contribution in [1.82, 2.24) is 9.55 Å². The third-order valence-electron chi connectivity index (χ3n) is 3.65. The Hall–Kier alpha value is -2.70. The molecular weight excluding hydrogens is 288 g/mol. The molecule has 1 aromatic carbocycles. The number of carbonyl (C=O) groups excluding carboxylic acids is 2. The maximum absolute atomic E-state index is 12.7. The van der Waals surface area contributed by atoms with Gasteiger partial charge in [-0.05, 0) is 12.1 Å². The van der Waals surface area contributed by atoms with Gasteiger partial charge in [-0.3, -0.25) is 14.2 Å². The third kappa shape index (κ3) is 2.14. The Morgan fingerprint density at radius 3 is 2.73 bits per heavy atom. The highest BCUT2D eigenvalue weighted by atomic mass is 16.5. The normalized spacial score (nSPS) is 19.7. The molecule has 1 aromatic heterocycles. The topological polar surface area (TPSA) is 87.5 Å². The van der Waals surface area contributed by atoms with Gasteiger partial charge in [-0.1, -0.05) is 12.1 Å². The van der Waals surface area contributed by atoms with Crippen LogP contribution >= 0.6 is 0 Å². The summed E-state index contributed by atoms with van der Waals surface area (Å²) in [6, 6.07) is 6.00. The Bertz CT molecular complexity index is 826. The first kappa shape index (κ1) is 14.2. The van der Waals surface area contributed by atoms with E-state index in [-0.39, 0.29) is 17.8 Å². The van der Waals surface area contributed by atoms with Crippen LogP contribution in [0.4, 0.5) is 0 Å². The van der Waals surface area contributed by atoms with E-state index in [0.717, 1.165) is 0 Å². The number of benzene rings is 1. The number of nitrogens with zero attached hydrogens (tertiary/aromatic N) is 2. The number of ether oxygens (including phenoxy) is 2. The second kappa shape index (κ2) is 5.25. The van der Waals surface area contributed by atoms with E-state index in [0.29, 0.717) is 10.9 Å². The van der Waals surface area contributed by atoms with Crippen molar-refractivity contribution in [2.45, 2.75) is 25.5 Å². The number of rotatable bonds is 2. The third-order valence-corrected chi connectivity index (χ3v) is 3.65. The van der Waals surface area contributed by atoms with Crippen LogP contribution in [0.3, 0.4) is 0 Å². The zero-order chi connectivity index (χ0) is 15.9. The Labute approximate surface area is 125 Å². The summed E-state index contributed by atoms with van der Waals surface area (Å²) in [4.78, 5) is 40.2. The SMILES string of the molecule is COC(=O)C1CC(OC(C)=O)c2nc3ccccc3c(=O)n21. The van der Waals surface area contributed by atoms with Crippen LogP contribution in [-0.4, -0.2) is 28.6 Å². The maximum atomic E-state index is 12.7. The first-order valence-corrected chi connectivity index (χ1v) is 6.79. The van der Waals surface area contributed by atoms with Crippen LogP contribution in [0.15, 0.2) is 29.1 Å². The summed E-state index contributed by atoms with van der Waals surface area (Å²) in [5, 5.41) is 0.406. The average molecular weight is 302 g/mol. The minimum Gasteiger partial charge on any atom is -0.467 e. The number of para-hydroxylation sites is 1. The summed E-state index contributed by atoms with van der Waals surface area (Å²) < 4.78 is 11.2. The van der Waals surface area contributed by atoms with Crippen molar-refractivity contribution in [2.75, 3.05) is 7.11 Å². The average Bonchev–Trinajstić information content (AvgIpc) is 2.85. The molecule has 2 aromatic rings. The van der Waals surface area contributed by atoms with Gasteiger partial charge in [-0.25, -0.2) is 9.78 Å². The van der Waals surface area contributed by atoms with Gasteiger partial charge in [0, 0.05) is 13.3 Å². The van der Waals surface area contributed by atoms with Crippen molar-refractivity contribution >= 4 is 22.8 Å². The van der Waals surface area contributed by atoms with Crippen molar-refractivity contribution in [3.05, 3.63) is 40.4 Å². The van der Waals surface area contributed by atoms with Crippen LogP contribution in [-0.2, 0) is 19.1 Å². The van der Waals surface area contributed by atoms with Crippen LogP contribution in [0.5, 0.6) is 0 Å². The monoisotopic (exact) mass is 302 g/mol. The molecule has 0 amide bonds. The van der Waals surface area contributed by atoms with E-state index < -0.39 is 24.1 Å². The van der Waals surface area contributed by atoms with Crippen molar-refractivity contribution < 1.29 is 19.1 Å². The molecule has 7 heteroatoms. The zero-order valence-corrected chi connectivity index (χ0v) is 12.1. The summed E-state index contributed by atoms with van der Waals surface area (Å²) in [5.41, 5.74) is 0.159. The van der Waals surface area contributed by atoms with Gasteiger partial charge in [0.15, 0.2) is 11.9 Å². The molecule has 2 unspecified atom stereocenters.